The lowest BCUT2D eigenvalue weighted by molar-refractivity contribution is -0.125. The molecule has 1 aromatic rings. The van der Waals surface area contributed by atoms with Crippen LogP contribution in [-0.2, 0) is 4.79 Å². The highest BCUT2D eigenvalue weighted by Crippen LogP contribution is 2.31. The van der Waals surface area contributed by atoms with Gasteiger partial charge in [0.15, 0.2) is 0 Å². The molecule has 4 nitrogen and oxygen atoms in total. The fraction of sp³-hybridized carbons (Fsp3) is 0.500. The van der Waals surface area contributed by atoms with Gasteiger partial charge in [-0.05, 0) is 31.0 Å². The summed E-state index contributed by atoms with van der Waals surface area (Å²) in [5.74, 6) is -0.352. The molecule has 0 aliphatic carbocycles. The van der Waals surface area contributed by atoms with Gasteiger partial charge in [0.25, 0.3) is 0 Å². The minimum absolute atomic E-state index is 0.000514. The zero-order valence-electron chi connectivity index (χ0n) is 12.0. The third kappa shape index (κ3) is 4.28. The normalized spacial score (nSPS) is 11.6. The summed E-state index contributed by atoms with van der Waals surface area (Å²) >= 11 is 5.84. The zero-order valence-corrected chi connectivity index (χ0v) is 12.7. The van der Waals surface area contributed by atoms with Crippen LogP contribution in [0.2, 0.25) is 5.02 Å². The van der Waals surface area contributed by atoms with Crippen molar-refractivity contribution in [2.75, 3.05) is 11.9 Å². The number of carbonyl (C=O) groups is 1. The maximum atomic E-state index is 12.3. The lowest BCUT2D eigenvalue weighted by atomic mass is 9.81. The second-order valence-electron chi connectivity index (χ2n) is 4.67. The minimum Gasteiger partial charge on any atom is -0.433 e. The number of ether oxygens (including phenoxy) is 1. The topological polar surface area (TPSA) is 64.4 Å². The molecule has 1 rings (SSSR count). The second-order valence-corrected chi connectivity index (χ2v) is 5.08. The smallest absolute Gasteiger partial charge is 0.387 e. The lowest BCUT2D eigenvalue weighted by Crippen LogP contribution is -2.41. The van der Waals surface area contributed by atoms with E-state index in [0.29, 0.717) is 18.5 Å². The Balaban J connectivity index is 2.89. The van der Waals surface area contributed by atoms with Crippen LogP contribution in [0.3, 0.4) is 0 Å². The van der Waals surface area contributed by atoms with Gasteiger partial charge >= 0.3 is 6.61 Å². The van der Waals surface area contributed by atoms with Crippen molar-refractivity contribution in [2.24, 2.45) is 11.1 Å². The third-order valence-electron chi connectivity index (χ3n) is 3.63. The second kappa shape index (κ2) is 7.56. The van der Waals surface area contributed by atoms with Gasteiger partial charge in [-0.15, -0.1) is 0 Å². The monoisotopic (exact) mass is 320 g/mol. The van der Waals surface area contributed by atoms with Crippen LogP contribution in [0.1, 0.15) is 26.7 Å². The molecule has 118 valence electrons. The number of amides is 1. The quantitative estimate of drug-likeness (QED) is 0.806. The highest BCUT2D eigenvalue weighted by Gasteiger charge is 2.33. The molecular weight excluding hydrogens is 302 g/mol. The molecule has 0 bridgehead atoms. The van der Waals surface area contributed by atoms with Crippen LogP contribution in [0.4, 0.5) is 14.5 Å². The summed E-state index contributed by atoms with van der Waals surface area (Å²) in [6, 6.07) is 4.10. The zero-order chi connectivity index (χ0) is 16.0. The van der Waals surface area contributed by atoms with Gasteiger partial charge in [-0.25, -0.2) is 0 Å². The van der Waals surface area contributed by atoms with E-state index in [1.165, 1.54) is 18.2 Å². The summed E-state index contributed by atoms with van der Waals surface area (Å²) < 4.78 is 28.5. The molecule has 3 N–H and O–H groups in total. The molecule has 0 spiro atoms. The van der Waals surface area contributed by atoms with Crippen LogP contribution >= 0.6 is 11.6 Å². The standard InChI is InChI=1S/C14H19ClF2N2O2/c1-3-14(4-2,8-18)12(20)19-9-5-6-11(10(15)7-9)21-13(16)17/h5-7,13H,3-4,8,18H2,1-2H3,(H,19,20). The van der Waals surface area contributed by atoms with Gasteiger partial charge < -0.3 is 15.8 Å². The fourth-order valence-electron chi connectivity index (χ4n) is 1.99. The van der Waals surface area contributed by atoms with E-state index in [-0.39, 0.29) is 23.2 Å². The summed E-state index contributed by atoms with van der Waals surface area (Å²) in [7, 11) is 0. The first kappa shape index (κ1) is 17.7. The Bertz CT molecular complexity index is 486. The van der Waals surface area contributed by atoms with E-state index in [1.54, 1.807) is 0 Å². The van der Waals surface area contributed by atoms with Crippen LogP contribution in [0, 0.1) is 5.41 Å². The first-order valence-corrected chi connectivity index (χ1v) is 7.02. The summed E-state index contributed by atoms with van der Waals surface area (Å²) in [5.41, 5.74) is 5.46. The van der Waals surface area contributed by atoms with Crippen molar-refractivity contribution in [1.29, 1.82) is 0 Å². The molecule has 0 heterocycles. The molecule has 1 amide bonds. The maximum Gasteiger partial charge on any atom is 0.387 e. The number of alkyl halides is 2. The number of hydrogen-bond acceptors (Lipinski definition) is 3. The number of hydrogen-bond donors (Lipinski definition) is 2. The van der Waals surface area contributed by atoms with Crippen molar-refractivity contribution in [3.63, 3.8) is 0 Å². The van der Waals surface area contributed by atoms with E-state index >= 15 is 0 Å². The number of carbonyl (C=O) groups excluding carboxylic acids is 1. The van der Waals surface area contributed by atoms with E-state index in [1.807, 2.05) is 13.8 Å². The lowest BCUT2D eigenvalue weighted by Gasteiger charge is -2.28. The Hall–Kier alpha value is -1.40. The number of benzene rings is 1. The van der Waals surface area contributed by atoms with Crippen molar-refractivity contribution < 1.29 is 18.3 Å². The van der Waals surface area contributed by atoms with Crippen LogP contribution < -0.4 is 15.8 Å². The molecule has 0 saturated heterocycles. The van der Waals surface area contributed by atoms with Gasteiger partial charge in [-0.1, -0.05) is 25.4 Å². The van der Waals surface area contributed by atoms with Gasteiger partial charge in [0.05, 0.1) is 10.4 Å². The highest BCUT2D eigenvalue weighted by atomic mass is 35.5. The van der Waals surface area contributed by atoms with Gasteiger partial charge in [0.1, 0.15) is 5.75 Å². The average Bonchev–Trinajstić information content (AvgIpc) is 2.44. The number of anilines is 1. The summed E-state index contributed by atoms with van der Waals surface area (Å²) in [6.07, 6.45) is 1.21. The number of nitrogens with one attached hydrogen (secondary N) is 1. The molecule has 0 atom stereocenters. The van der Waals surface area contributed by atoms with Crippen molar-refractivity contribution in [3.8, 4) is 5.75 Å². The summed E-state index contributed by atoms with van der Waals surface area (Å²) in [5, 5.41) is 2.71. The Labute approximate surface area is 127 Å². The van der Waals surface area contributed by atoms with Crippen molar-refractivity contribution >= 4 is 23.2 Å². The maximum absolute atomic E-state index is 12.3. The molecule has 0 fully saturated rings. The molecule has 1 aromatic carbocycles. The molecular formula is C14H19ClF2N2O2. The van der Waals surface area contributed by atoms with Crippen LogP contribution in [0.15, 0.2) is 18.2 Å². The Morgan fingerprint density at radius 1 is 1.43 bits per heavy atom. The minimum atomic E-state index is -2.95. The molecule has 0 aliphatic rings. The van der Waals surface area contributed by atoms with Gasteiger partial charge in [-0.3, -0.25) is 4.79 Å². The summed E-state index contributed by atoms with van der Waals surface area (Å²) in [4.78, 5) is 12.3. The van der Waals surface area contributed by atoms with Crippen molar-refractivity contribution in [3.05, 3.63) is 23.2 Å². The Kier molecular flexibility index (Phi) is 6.36. The number of nitrogens with two attached hydrogens (primary N) is 1. The molecule has 7 heteroatoms. The van der Waals surface area contributed by atoms with E-state index < -0.39 is 12.0 Å². The SMILES string of the molecule is CCC(CC)(CN)C(=O)Nc1ccc(OC(F)F)c(Cl)c1. The van der Waals surface area contributed by atoms with Crippen molar-refractivity contribution in [2.45, 2.75) is 33.3 Å². The van der Waals surface area contributed by atoms with E-state index in [4.69, 9.17) is 17.3 Å². The van der Waals surface area contributed by atoms with Gasteiger partial charge in [0.2, 0.25) is 5.91 Å². The Morgan fingerprint density at radius 2 is 2.05 bits per heavy atom. The number of halogens is 3. The molecule has 0 radical (unpaired) electrons. The Morgan fingerprint density at radius 3 is 2.48 bits per heavy atom. The molecule has 0 aliphatic heterocycles. The van der Waals surface area contributed by atoms with Crippen molar-refractivity contribution in [1.82, 2.24) is 0 Å². The third-order valence-corrected chi connectivity index (χ3v) is 3.93. The predicted molar refractivity (Wildman–Crippen MR) is 78.8 cm³/mol. The molecule has 0 saturated carbocycles. The first-order chi connectivity index (χ1) is 9.88. The first-order valence-electron chi connectivity index (χ1n) is 6.64. The fourth-order valence-corrected chi connectivity index (χ4v) is 2.21. The van der Waals surface area contributed by atoms with E-state index in [9.17, 15) is 13.6 Å². The molecule has 0 aromatic heterocycles. The van der Waals surface area contributed by atoms with Crippen LogP contribution in [0.5, 0.6) is 5.75 Å². The van der Waals surface area contributed by atoms with Crippen LogP contribution in [0.25, 0.3) is 0 Å². The van der Waals surface area contributed by atoms with E-state index in [2.05, 4.69) is 10.1 Å². The van der Waals surface area contributed by atoms with Crippen LogP contribution in [-0.4, -0.2) is 19.1 Å². The van der Waals surface area contributed by atoms with E-state index in [0.717, 1.165) is 0 Å². The average molecular weight is 321 g/mol. The number of rotatable bonds is 7. The predicted octanol–water partition coefficient (Wildman–Crippen LogP) is 3.65. The molecule has 0 unspecified atom stereocenters. The highest BCUT2D eigenvalue weighted by molar-refractivity contribution is 6.32. The largest absolute Gasteiger partial charge is 0.433 e. The molecule has 21 heavy (non-hydrogen) atoms. The summed E-state index contributed by atoms with van der Waals surface area (Å²) in [6.45, 7) is 1.06. The van der Waals surface area contributed by atoms with Gasteiger partial charge in [-0.2, -0.15) is 8.78 Å². The van der Waals surface area contributed by atoms with Gasteiger partial charge in [0, 0.05) is 12.2 Å².